The quantitative estimate of drug-likeness (QED) is 0.467. The van der Waals surface area contributed by atoms with Gasteiger partial charge in [0.2, 0.25) is 6.10 Å². The highest BCUT2D eigenvalue weighted by Crippen LogP contribution is 2.39. The molecular formula is C17H9F4NO6. The average Bonchev–Trinajstić information content (AvgIpc) is 2.61. The van der Waals surface area contributed by atoms with Crippen LogP contribution in [0.4, 0.5) is 23.2 Å². The molecule has 1 heterocycles. The molecule has 0 amide bonds. The summed E-state index contributed by atoms with van der Waals surface area (Å²) in [6.07, 6.45) is -6.82. The van der Waals surface area contributed by atoms with Crippen LogP contribution in [0.15, 0.2) is 42.0 Å². The third-order valence-electron chi connectivity index (χ3n) is 3.72. The number of ether oxygens (including phenoxy) is 2. The predicted molar refractivity (Wildman–Crippen MR) is 85.7 cm³/mol. The number of benzene rings is 2. The number of non-ortho nitro benzene ring substituents is 1. The first-order chi connectivity index (χ1) is 13.1. The lowest BCUT2D eigenvalue weighted by Crippen LogP contribution is -2.40. The molecule has 1 aliphatic heterocycles. The molecule has 28 heavy (non-hydrogen) atoms. The number of carboxylic acid groups (broad SMARTS) is 1. The van der Waals surface area contributed by atoms with Gasteiger partial charge in [0.1, 0.15) is 11.5 Å². The molecular weight excluding hydrogens is 390 g/mol. The van der Waals surface area contributed by atoms with Crippen LogP contribution < -0.4 is 9.47 Å². The Morgan fingerprint density at radius 3 is 2.50 bits per heavy atom. The highest BCUT2D eigenvalue weighted by atomic mass is 19.4. The van der Waals surface area contributed by atoms with Gasteiger partial charge in [0.05, 0.1) is 16.6 Å². The van der Waals surface area contributed by atoms with Gasteiger partial charge in [-0.15, -0.1) is 0 Å². The summed E-state index contributed by atoms with van der Waals surface area (Å²) in [7, 11) is 0. The summed E-state index contributed by atoms with van der Waals surface area (Å²) >= 11 is 0. The molecule has 1 unspecified atom stereocenters. The molecule has 0 radical (unpaired) electrons. The van der Waals surface area contributed by atoms with Gasteiger partial charge in [-0.05, 0) is 24.3 Å². The molecule has 0 spiro atoms. The van der Waals surface area contributed by atoms with Gasteiger partial charge in [0.15, 0.2) is 11.6 Å². The van der Waals surface area contributed by atoms with E-state index in [2.05, 4.69) is 0 Å². The second kappa shape index (κ2) is 6.83. The lowest BCUT2D eigenvalue weighted by atomic mass is 10.0. The number of fused-ring (bicyclic) bond motifs is 1. The molecule has 146 valence electrons. The van der Waals surface area contributed by atoms with E-state index >= 15 is 0 Å². The number of hydrogen-bond acceptors (Lipinski definition) is 5. The van der Waals surface area contributed by atoms with E-state index in [0.717, 1.165) is 24.3 Å². The fourth-order valence-corrected chi connectivity index (χ4v) is 2.46. The number of rotatable bonds is 4. The van der Waals surface area contributed by atoms with Crippen molar-refractivity contribution in [3.05, 3.63) is 63.5 Å². The zero-order chi connectivity index (χ0) is 20.6. The zero-order valence-corrected chi connectivity index (χ0v) is 13.6. The average molecular weight is 399 g/mol. The maximum atomic E-state index is 13.9. The predicted octanol–water partition coefficient (Wildman–Crippen LogP) is 4.32. The largest absolute Gasteiger partial charge is 0.478 e. The van der Waals surface area contributed by atoms with Crippen LogP contribution in [0.1, 0.15) is 5.56 Å². The van der Waals surface area contributed by atoms with Crippen molar-refractivity contribution in [2.45, 2.75) is 12.3 Å². The van der Waals surface area contributed by atoms with Gasteiger partial charge >= 0.3 is 12.1 Å². The third-order valence-corrected chi connectivity index (χ3v) is 3.72. The van der Waals surface area contributed by atoms with E-state index in [-0.39, 0.29) is 17.1 Å². The first-order valence-electron chi connectivity index (χ1n) is 7.50. The van der Waals surface area contributed by atoms with Crippen LogP contribution in [0.3, 0.4) is 0 Å². The summed E-state index contributed by atoms with van der Waals surface area (Å²) in [6, 6.07) is 6.15. The maximum absolute atomic E-state index is 13.9. The fourth-order valence-electron chi connectivity index (χ4n) is 2.46. The van der Waals surface area contributed by atoms with E-state index in [1.165, 1.54) is 12.1 Å². The van der Waals surface area contributed by atoms with Gasteiger partial charge in [-0.3, -0.25) is 10.1 Å². The van der Waals surface area contributed by atoms with Gasteiger partial charge in [-0.25, -0.2) is 9.18 Å². The Bertz CT molecular complexity index is 1000. The minimum absolute atomic E-state index is 0.0643. The topological polar surface area (TPSA) is 98.9 Å². The second-order valence-electron chi connectivity index (χ2n) is 5.62. The Hall–Kier alpha value is -3.63. The van der Waals surface area contributed by atoms with E-state index < -0.39 is 46.0 Å². The fraction of sp³-hybridized carbons (Fsp3) is 0.118. The van der Waals surface area contributed by atoms with Crippen LogP contribution in [0, 0.1) is 15.9 Å². The van der Waals surface area contributed by atoms with Crippen molar-refractivity contribution in [2.24, 2.45) is 0 Å². The molecule has 0 saturated carbocycles. The van der Waals surface area contributed by atoms with Gasteiger partial charge < -0.3 is 14.6 Å². The van der Waals surface area contributed by atoms with E-state index in [1.54, 1.807) is 0 Å². The molecule has 1 atom stereocenters. The van der Waals surface area contributed by atoms with E-state index in [0.29, 0.717) is 6.07 Å². The number of carbonyl (C=O) groups is 1. The highest BCUT2D eigenvalue weighted by Gasteiger charge is 2.48. The van der Waals surface area contributed by atoms with Crippen molar-refractivity contribution < 1.29 is 41.9 Å². The molecule has 0 fully saturated rings. The Morgan fingerprint density at radius 2 is 1.93 bits per heavy atom. The van der Waals surface area contributed by atoms with Crippen molar-refractivity contribution in [1.29, 1.82) is 0 Å². The highest BCUT2D eigenvalue weighted by molar-refractivity contribution is 5.95. The molecule has 0 bridgehead atoms. The number of alkyl halides is 3. The first-order valence-corrected chi connectivity index (χ1v) is 7.50. The van der Waals surface area contributed by atoms with Crippen LogP contribution in [0.2, 0.25) is 0 Å². The monoisotopic (exact) mass is 399 g/mol. The van der Waals surface area contributed by atoms with Crippen LogP contribution >= 0.6 is 0 Å². The molecule has 11 heteroatoms. The molecule has 3 rings (SSSR count). The molecule has 0 saturated heterocycles. The van der Waals surface area contributed by atoms with Crippen molar-refractivity contribution >= 4 is 17.7 Å². The standard InChI is InChI=1S/C17H9F4NO6/c18-12-6-9(22(25)26)2-4-13(12)27-10-3-1-8-5-11(16(23)24)15(17(19,20)21)28-14(8)7-10/h1-7,15H,(H,23,24). The summed E-state index contributed by atoms with van der Waals surface area (Å²) in [5, 5.41) is 19.6. The maximum Gasteiger partial charge on any atom is 0.430 e. The molecule has 1 aliphatic rings. The molecule has 2 aromatic rings. The number of nitro groups is 1. The second-order valence-corrected chi connectivity index (χ2v) is 5.62. The van der Waals surface area contributed by atoms with Crippen molar-refractivity contribution in [3.63, 3.8) is 0 Å². The van der Waals surface area contributed by atoms with Gasteiger partial charge in [-0.2, -0.15) is 13.2 Å². The van der Waals surface area contributed by atoms with Crippen molar-refractivity contribution in [1.82, 2.24) is 0 Å². The van der Waals surface area contributed by atoms with Crippen LogP contribution in [0.5, 0.6) is 17.2 Å². The molecule has 1 N–H and O–H groups in total. The number of aliphatic carboxylic acids is 1. The Labute approximate surface area is 153 Å². The minimum Gasteiger partial charge on any atom is -0.478 e. The summed E-state index contributed by atoms with van der Waals surface area (Å²) < 4.78 is 63.2. The number of hydrogen-bond donors (Lipinski definition) is 1. The summed E-state index contributed by atoms with van der Waals surface area (Å²) in [5.74, 6) is -3.64. The first kappa shape index (κ1) is 19.1. The van der Waals surface area contributed by atoms with E-state index in [9.17, 15) is 32.5 Å². The number of nitro benzene ring substituents is 1. The van der Waals surface area contributed by atoms with E-state index in [4.69, 9.17) is 14.6 Å². The number of halogens is 4. The Kier molecular flexibility index (Phi) is 4.67. The van der Waals surface area contributed by atoms with Crippen LogP contribution in [0.25, 0.3) is 6.08 Å². The molecule has 7 nitrogen and oxygen atoms in total. The lowest BCUT2D eigenvalue weighted by molar-refractivity contribution is -0.385. The zero-order valence-electron chi connectivity index (χ0n) is 13.6. The van der Waals surface area contributed by atoms with E-state index in [1.807, 2.05) is 0 Å². The summed E-state index contributed by atoms with van der Waals surface area (Å²) in [5.41, 5.74) is -1.41. The molecule has 0 aromatic heterocycles. The number of nitrogens with zero attached hydrogens (tertiary/aromatic N) is 1. The number of carboxylic acids is 1. The normalized spacial score (nSPS) is 15.9. The van der Waals surface area contributed by atoms with Gasteiger partial charge in [0.25, 0.3) is 5.69 Å². The Balaban J connectivity index is 1.93. The molecule has 0 aliphatic carbocycles. The van der Waals surface area contributed by atoms with Gasteiger partial charge in [-0.1, -0.05) is 0 Å². The SMILES string of the molecule is O=C(O)C1=Cc2ccc(Oc3ccc([N+](=O)[O-])cc3F)cc2OC1C(F)(F)F. The van der Waals surface area contributed by atoms with Crippen LogP contribution in [-0.4, -0.2) is 28.3 Å². The molecule has 2 aromatic carbocycles. The van der Waals surface area contributed by atoms with Gasteiger partial charge in [0, 0.05) is 17.7 Å². The van der Waals surface area contributed by atoms with Crippen molar-refractivity contribution in [2.75, 3.05) is 0 Å². The third kappa shape index (κ3) is 3.72. The lowest BCUT2D eigenvalue weighted by Gasteiger charge is -2.27. The Morgan fingerprint density at radius 1 is 1.21 bits per heavy atom. The van der Waals surface area contributed by atoms with Crippen molar-refractivity contribution in [3.8, 4) is 17.2 Å². The minimum atomic E-state index is -4.97. The summed E-state index contributed by atoms with van der Waals surface area (Å²) in [4.78, 5) is 20.9. The smallest absolute Gasteiger partial charge is 0.430 e. The summed E-state index contributed by atoms with van der Waals surface area (Å²) in [6.45, 7) is 0. The van der Waals surface area contributed by atoms with Crippen LogP contribution in [-0.2, 0) is 4.79 Å².